The third kappa shape index (κ3) is 2.82. The SMILES string of the molecule is CN(C)C(=O)Nc1cc(-c2ccccc2)sn1. The summed E-state index contributed by atoms with van der Waals surface area (Å²) in [4.78, 5) is 14.0. The van der Waals surface area contributed by atoms with Gasteiger partial charge in [0.2, 0.25) is 0 Å². The Balaban J connectivity index is 2.14. The fourth-order valence-electron chi connectivity index (χ4n) is 1.29. The monoisotopic (exact) mass is 247 g/mol. The largest absolute Gasteiger partial charge is 0.331 e. The van der Waals surface area contributed by atoms with Gasteiger partial charge < -0.3 is 4.90 Å². The molecular formula is C12H13N3OS. The van der Waals surface area contributed by atoms with Crippen LogP contribution in [0.3, 0.4) is 0 Å². The fourth-order valence-corrected chi connectivity index (χ4v) is 1.99. The first-order valence-corrected chi connectivity index (χ1v) is 5.94. The van der Waals surface area contributed by atoms with Crippen LogP contribution in [0, 0.1) is 0 Å². The van der Waals surface area contributed by atoms with Gasteiger partial charge in [-0.15, -0.1) is 0 Å². The number of anilines is 1. The van der Waals surface area contributed by atoms with E-state index in [1.54, 1.807) is 14.1 Å². The van der Waals surface area contributed by atoms with Gasteiger partial charge in [-0.25, -0.2) is 4.79 Å². The molecule has 1 N–H and O–H groups in total. The van der Waals surface area contributed by atoms with E-state index in [4.69, 9.17) is 0 Å². The smallest absolute Gasteiger partial charge is 0.322 e. The number of rotatable bonds is 2. The minimum atomic E-state index is -0.171. The highest BCUT2D eigenvalue weighted by atomic mass is 32.1. The van der Waals surface area contributed by atoms with Crippen molar-refractivity contribution in [1.29, 1.82) is 0 Å². The van der Waals surface area contributed by atoms with Crippen LogP contribution in [-0.4, -0.2) is 29.4 Å². The summed E-state index contributed by atoms with van der Waals surface area (Å²) in [7, 11) is 3.39. The molecule has 0 radical (unpaired) electrons. The summed E-state index contributed by atoms with van der Waals surface area (Å²) < 4.78 is 4.20. The maximum atomic E-state index is 11.4. The number of urea groups is 1. The molecule has 0 spiro atoms. The second-order valence-electron chi connectivity index (χ2n) is 3.77. The number of amides is 2. The van der Waals surface area contributed by atoms with Crippen LogP contribution in [-0.2, 0) is 0 Å². The van der Waals surface area contributed by atoms with E-state index in [9.17, 15) is 4.79 Å². The summed E-state index contributed by atoms with van der Waals surface area (Å²) in [5, 5.41) is 2.72. The van der Waals surface area contributed by atoms with Crippen LogP contribution in [0.4, 0.5) is 10.6 Å². The van der Waals surface area contributed by atoms with Crippen molar-refractivity contribution in [3.05, 3.63) is 36.4 Å². The molecule has 0 fully saturated rings. The molecule has 0 bridgehead atoms. The molecule has 2 rings (SSSR count). The van der Waals surface area contributed by atoms with Gasteiger partial charge in [-0.05, 0) is 17.1 Å². The molecule has 1 heterocycles. The van der Waals surface area contributed by atoms with Crippen LogP contribution in [0.5, 0.6) is 0 Å². The van der Waals surface area contributed by atoms with Crippen LogP contribution < -0.4 is 5.32 Å². The van der Waals surface area contributed by atoms with Crippen LogP contribution in [0.25, 0.3) is 10.4 Å². The van der Waals surface area contributed by atoms with Crippen molar-refractivity contribution >= 4 is 23.4 Å². The predicted molar refractivity (Wildman–Crippen MR) is 70.3 cm³/mol. The van der Waals surface area contributed by atoms with Crippen molar-refractivity contribution in [2.75, 3.05) is 19.4 Å². The summed E-state index contributed by atoms with van der Waals surface area (Å²) in [6, 6.07) is 11.7. The zero-order chi connectivity index (χ0) is 12.3. The molecule has 0 atom stereocenters. The second kappa shape index (κ2) is 4.97. The van der Waals surface area contributed by atoms with E-state index in [-0.39, 0.29) is 6.03 Å². The first-order chi connectivity index (χ1) is 8.16. The highest BCUT2D eigenvalue weighted by molar-refractivity contribution is 7.09. The van der Waals surface area contributed by atoms with Gasteiger partial charge in [0.1, 0.15) is 5.82 Å². The summed E-state index contributed by atoms with van der Waals surface area (Å²) in [6.45, 7) is 0. The third-order valence-electron chi connectivity index (χ3n) is 2.21. The standard InChI is InChI=1S/C12H13N3OS/c1-15(2)12(16)13-11-8-10(17-14-11)9-6-4-3-5-7-9/h3-8H,1-2H3,(H,13,14,16). The zero-order valence-corrected chi connectivity index (χ0v) is 10.5. The number of hydrogen-bond donors (Lipinski definition) is 1. The quantitative estimate of drug-likeness (QED) is 0.886. The van der Waals surface area contributed by atoms with E-state index >= 15 is 0 Å². The minimum absolute atomic E-state index is 0.171. The van der Waals surface area contributed by atoms with Crippen LogP contribution in [0.15, 0.2) is 36.4 Å². The van der Waals surface area contributed by atoms with Crippen LogP contribution in [0.2, 0.25) is 0 Å². The summed E-state index contributed by atoms with van der Waals surface area (Å²) in [5.41, 5.74) is 1.11. The lowest BCUT2D eigenvalue weighted by molar-refractivity contribution is 0.230. The number of carbonyl (C=O) groups is 1. The molecule has 1 aromatic heterocycles. The summed E-state index contributed by atoms with van der Waals surface area (Å²) in [5.74, 6) is 0.590. The Morgan fingerprint density at radius 2 is 2.00 bits per heavy atom. The average molecular weight is 247 g/mol. The molecule has 0 aliphatic rings. The molecule has 88 valence electrons. The van der Waals surface area contributed by atoms with E-state index in [1.807, 2.05) is 36.4 Å². The normalized spacial score (nSPS) is 10.0. The van der Waals surface area contributed by atoms with Crippen LogP contribution >= 0.6 is 11.5 Å². The van der Waals surface area contributed by atoms with Gasteiger partial charge in [-0.1, -0.05) is 30.3 Å². The van der Waals surface area contributed by atoms with Crippen molar-refractivity contribution in [1.82, 2.24) is 9.27 Å². The molecule has 0 unspecified atom stereocenters. The van der Waals surface area contributed by atoms with Gasteiger partial charge in [0.15, 0.2) is 0 Å². The Kier molecular flexibility index (Phi) is 3.39. The van der Waals surface area contributed by atoms with Crippen molar-refractivity contribution in [2.45, 2.75) is 0 Å². The van der Waals surface area contributed by atoms with E-state index in [0.29, 0.717) is 5.82 Å². The molecule has 2 aromatic rings. The van der Waals surface area contributed by atoms with Crippen molar-refractivity contribution < 1.29 is 4.79 Å². The van der Waals surface area contributed by atoms with Crippen molar-refractivity contribution in [3.8, 4) is 10.4 Å². The lowest BCUT2D eigenvalue weighted by atomic mass is 10.2. The number of carbonyl (C=O) groups excluding carboxylic acids is 1. The highest BCUT2D eigenvalue weighted by Gasteiger charge is 2.08. The summed E-state index contributed by atoms with van der Waals surface area (Å²) in [6.07, 6.45) is 0. The van der Waals surface area contributed by atoms with E-state index in [1.165, 1.54) is 16.4 Å². The first-order valence-electron chi connectivity index (χ1n) is 5.17. The fraction of sp³-hybridized carbons (Fsp3) is 0.167. The first kappa shape index (κ1) is 11.6. The molecule has 17 heavy (non-hydrogen) atoms. The number of nitrogens with zero attached hydrogens (tertiary/aromatic N) is 2. The van der Waals surface area contributed by atoms with Crippen molar-refractivity contribution in [2.24, 2.45) is 0 Å². The molecule has 0 saturated carbocycles. The van der Waals surface area contributed by atoms with Gasteiger partial charge in [-0.2, -0.15) is 4.37 Å². The molecule has 4 nitrogen and oxygen atoms in total. The number of hydrogen-bond acceptors (Lipinski definition) is 3. The lowest BCUT2D eigenvalue weighted by Crippen LogP contribution is -2.27. The molecular weight excluding hydrogens is 234 g/mol. The minimum Gasteiger partial charge on any atom is -0.331 e. The lowest BCUT2D eigenvalue weighted by Gasteiger charge is -2.09. The topological polar surface area (TPSA) is 45.2 Å². The second-order valence-corrected chi connectivity index (χ2v) is 4.57. The van der Waals surface area contributed by atoms with Crippen LogP contribution in [0.1, 0.15) is 0 Å². The van der Waals surface area contributed by atoms with E-state index in [0.717, 1.165) is 10.4 Å². The number of aromatic nitrogens is 1. The molecule has 1 aromatic carbocycles. The average Bonchev–Trinajstić information content (AvgIpc) is 2.78. The van der Waals surface area contributed by atoms with Gasteiger partial charge >= 0.3 is 6.03 Å². The Morgan fingerprint density at radius 1 is 1.29 bits per heavy atom. The van der Waals surface area contributed by atoms with Crippen molar-refractivity contribution in [3.63, 3.8) is 0 Å². The Labute approximate surface area is 104 Å². The molecule has 2 amide bonds. The molecule has 0 aliphatic carbocycles. The van der Waals surface area contributed by atoms with E-state index in [2.05, 4.69) is 9.69 Å². The Morgan fingerprint density at radius 3 is 2.65 bits per heavy atom. The van der Waals surface area contributed by atoms with Gasteiger partial charge in [0.05, 0.1) is 4.88 Å². The van der Waals surface area contributed by atoms with E-state index < -0.39 is 0 Å². The molecule has 0 saturated heterocycles. The third-order valence-corrected chi connectivity index (χ3v) is 3.05. The summed E-state index contributed by atoms with van der Waals surface area (Å²) >= 11 is 1.37. The zero-order valence-electron chi connectivity index (χ0n) is 9.68. The maximum Gasteiger partial charge on any atom is 0.322 e. The molecule has 5 heteroatoms. The molecule has 0 aliphatic heterocycles. The Bertz CT molecular complexity index is 507. The highest BCUT2D eigenvalue weighted by Crippen LogP contribution is 2.26. The van der Waals surface area contributed by atoms with Gasteiger partial charge in [0.25, 0.3) is 0 Å². The number of nitrogens with one attached hydrogen (secondary N) is 1. The number of benzene rings is 1. The Hall–Kier alpha value is -1.88. The van der Waals surface area contributed by atoms with Gasteiger partial charge in [0, 0.05) is 20.2 Å². The maximum absolute atomic E-state index is 11.4. The van der Waals surface area contributed by atoms with Gasteiger partial charge in [-0.3, -0.25) is 5.32 Å². The predicted octanol–water partition coefficient (Wildman–Crippen LogP) is 2.90.